The van der Waals surface area contributed by atoms with E-state index >= 15 is 0 Å². The van der Waals surface area contributed by atoms with Crippen LogP contribution in [0.5, 0.6) is 5.75 Å². The van der Waals surface area contributed by atoms with E-state index in [2.05, 4.69) is 18.9 Å². The summed E-state index contributed by atoms with van der Waals surface area (Å²) < 4.78 is 28.9. The number of piperidine rings is 2. The van der Waals surface area contributed by atoms with Crippen LogP contribution < -0.4 is 0 Å². The fourth-order valence-electron chi connectivity index (χ4n) is 7.51. The number of phenols is 1. The summed E-state index contributed by atoms with van der Waals surface area (Å²) >= 11 is 6.00. The Hall–Kier alpha value is -2.13. The predicted octanol–water partition coefficient (Wildman–Crippen LogP) is 4.41. The Morgan fingerprint density at radius 2 is 1.72 bits per heavy atom. The Bertz CT molecular complexity index is 1350. The topological polar surface area (TPSA) is 81.2 Å². The van der Waals surface area contributed by atoms with Crippen LogP contribution in [0.25, 0.3) is 0 Å². The SMILES string of the molecule is C[C@H]1[C@H]2Cc3ccc(O)cc3[C@@]1(CC(=O)N1CCC(N(C3CC3)S(=O)(=O)c3ccc(Cl)cc3)CC1)CCN2C. The maximum absolute atomic E-state index is 13.9. The number of hydrogen-bond donors (Lipinski definition) is 1. The third-order valence-corrected chi connectivity index (χ3v) is 12.2. The van der Waals surface area contributed by atoms with Crippen molar-refractivity contribution in [2.45, 2.75) is 80.3 Å². The number of nitrogens with zero attached hydrogens (tertiary/aromatic N) is 3. The summed E-state index contributed by atoms with van der Waals surface area (Å²) in [7, 11) is -1.46. The highest BCUT2D eigenvalue weighted by Gasteiger charge is 2.52. The molecule has 0 aromatic heterocycles. The lowest BCUT2D eigenvalue weighted by atomic mass is 9.56. The van der Waals surface area contributed by atoms with E-state index in [1.54, 1.807) is 34.6 Å². The standard InChI is InChI=1S/C30H38ClN3O4S/c1-20-28-17-21-3-8-25(35)18-27(21)30(20,13-16-32(28)2)19-29(36)33-14-11-24(12-15-33)34(23-6-7-23)39(37,38)26-9-4-22(31)5-10-26/h3-5,8-10,18,20,23-24,28,35H,6-7,11-17,19H2,1-2H3/t20-,28+,30+/m0/s1. The molecule has 2 aliphatic heterocycles. The quantitative estimate of drug-likeness (QED) is 0.555. The van der Waals surface area contributed by atoms with Crippen molar-refractivity contribution in [1.82, 2.24) is 14.1 Å². The molecule has 210 valence electrons. The van der Waals surface area contributed by atoms with Gasteiger partial charge >= 0.3 is 0 Å². The molecule has 2 aliphatic carbocycles. The Morgan fingerprint density at radius 1 is 1.05 bits per heavy atom. The van der Waals surface area contributed by atoms with Gasteiger partial charge in [0.1, 0.15) is 5.75 Å². The van der Waals surface area contributed by atoms with Crippen LogP contribution >= 0.6 is 11.6 Å². The molecule has 39 heavy (non-hydrogen) atoms. The summed E-state index contributed by atoms with van der Waals surface area (Å²) in [5, 5.41) is 10.9. The summed E-state index contributed by atoms with van der Waals surface area (Å²) in [6.07, 6.45) is 5.29. The first-order chi connectivity index (χ1) is 18.6. The zero-order valence-corrected chi connectivity index (χ0v) is 24.3. The minimum atomic E-state index is -3.63. The number of likely N-dealkylation sites (tertiary alicyclic amines) is 2. The molecular formula is C30H38ClN3O4S. The van der Waals surface area contributed by atoms with Crippen molar-refractivity contribution in [1.29, 1.82) is 0 Å². The second-order valence-electron chi connectivity index (χ2n) is 12.1. The molecule has 3 atom stereocenters. The molecule has 2 bridgehead atoms. The van der Waals surface area contributed by atoms with Gasteiger partial charge in [0.2, 0.25) is 15.9 Å². The number of benzene rings is 2. The number of amides is 1. The van der Waals surface area contributed by atoms with Crippen LogP contribution in [0.4, 0.5) is 0 Å². The monoisotopic (exact) mass is 571 g/mol. The van der Waals surface area contributed by atoms with E-state index in [-0.39, 0.29) is 34.1 Å². The molecule has 4 aliphatic rings. The van der Waals surface area contributed by atoms with Gasteiger partial charge in [0.25, 0.3) is 0 Å². The summed E-state index contributed by atoms with van der Waals surface area (Å²) in [5.41, 5.74) is 2.08. The number of phenolic OH excluding ortho intramolecular Hbond substituents is 1. The molecule has 0 spiro atoms. The molecule has 0 unspecified atom stereocenters. The van der Waals surface area contributed by atoms with E-state index in [0.29, 0.717) is 49.3 Å². The normalized spacial score (nSPS) is 27.9. The van der Waals surface area contributed by atoms with Gasteiger partial charge in [0.05, 0.1) is 4.90 Å². The lowest BCUT2D eigenvalue weighted by molar-refractivity contribution is -0.135. The first-order valence-electron chi connectivity index (χ1n) is 14.2. The van der Waals surface area contributed by atoms with Crippen LogP contribution in [-0.2, 0) is 26.7 Å². The number of hydrogen-bond acceptors (Lipinski definition) is 5. The van der Waals surface area contributed by atoms with Crippen LogP contribution in [0, 0.1) is 5.92 Å². The van der Waals surface area contributed by atoms with Crippen molar-refractivity contribution in [3.8, 4) is 5.75 Å². The lowest BCUT2D eigenvalue weighted by Crippen LogP contribution is -2.59. The minimum absolute atomic E-state index is 0.0419. The van der Waals surface area contributed by atoms with Crippen molar-refractivity contribution < 1.29 is 18.3 Å². The third kappa shape index (κ3) is 4.77. The Kier molecular flexibility index (Phi) is 6.97. The van der Waals surface area contributed by atoms with Crippen molar-refractivity contribution in [3.63, 3.8) is 0 Å². The molecule has 9 heteroatoms. The highest BCUT2D eigenvalue weighted by atomic mass is 35.5. The second-order valence-corrected chi connectivity index (χ2v) is 14.4. The van der Waals surface area contributed by atoms with Gasteiger partial charge in [-0.1, -0.05) is 24.6 Å². The number of sulfonamides is 1. The Balaban J connectivity index is 1.19. The summed E-state index contributed by atoms with van der Waals surface area (Å²) in [4.78, 5) is 18.5. The first-order valence-corrected chi connectivity index (χ1v) is 16.0. The number of carbonyl (C=O) groups is 1. The highest BCUT2D eigenvalue weighted by Crippen LogP contribution is 2.51. The van der Waals surface area contributed by atoms with E-state index in [0.717, 1.165) is 37.8 Å². The van der Waals surface area contributed by atoms with Crippen LogP contribution in [0.2, 0.25) is 5.02 Å². The maximum atomic E-state index is 13.9. The van der Waals surface area contributed by atoms with Crippen molar-refractivity contribution >= 4 is 27.5 Å². The van der Waals surface area contributed by atoms with Gasteiger partial charge in [0.15, 0.2) is 0 Å². The molecule has 2 aromatic carbocycles. The Morgan fingerprint density at radius 3 is 2.38 bits per heavy atom. The molecular weight excluding hydrogens is 534 g/mol. The number of fused-ring (bicyclic) bond motifs is 4. The summed E-state index contributed by atoms with van der Waals surface area (Å²) in [5.74, 6) is 0.688. The van der Waals surface area contributed by atoms with Gasteiger partial charge < -0.3 is 14.9 Å². The Labute approximate surface area is 236 Å². The number of carbonyl (C=O) groups excluding carboxylic acids is 1. The maximum Gasteiger partial charge on any atom is 0.243 e. The van der Waals surface area contributed by atoms with Gasteiger partial charge in [-0.3, -0.25) is 4.79 Å². The number of halogens is 1. The highest BCUT2D eigenvalue weighted by molar-refractivity contribution is 7.89. The van der Waals surface area contributed by atoms with E-state index in [9.17, 15) is 18.3 Å². The predicted molar refractivity (Wildman–Crippen MR) is 151 cm³/mol. The van der Waals surface area contributed by atoms with Crippen molar-refractivity contribution in [3.05, 3.63) is 58.6 Å². The van der Waals surface area contributed by atoms with E-state index in [1.165, 1.54) is 5.56 Å². The number of rotatable bonds is 6. The summed E-state index contributed by atoms with van der Waals surface area (Å²) in [6, 6.07) is 12.4. The fourth-order valence-corrected chi connectivity index (χ4v) is 9.56. The molecule has 1 amide bonds. The average Bonchev–Trinajstić information content (AvgIpc) is 3.74. The van der Waals surface area contributed by atoms with Gasteiger partial charge in [-0.15, -0.1) is 0 Å². The number of aromatic hydroxyl groups is 1. The fraction of sp³-hybridized carbons (Fsp3) is 0.567. The zero-order chi connectivity index (χ0) is 27.5. The molecule has 1 N–H and O–H groups in total. The molecule has 6 rings (SSSR count). The lowest BCUT2D eigenvalue weighted by Gasteiger charge is -2.55. The van der Waals surface area contributed by atoms with E-state index in [1.807, 2.05) is 17.0 Å². The van der Waals surface area contributed by atoms with Gasteiger partial charge in [-0.25, -0.2) is 8.42 Å². The molecule has 1 saturated carbocycles. The largest absolute Gasteiger partial charge is 0.508 e. The van der Waals surface area contributed by atoms with E-state index < -0.39 is 10.0 Å². The molecule has 2 aromatic rings. The minimum Gasteiger partial charge on any atom is -0.508 e. The van der Waals surface area contributed by atoms with Gasteiger partial charge in [-0.2, -0.15) is 4.31 Å². The molecule has 7 nitrogen and oxygen atoms in total. The molecule has 2 saturated heterocycles. The molecule has 2 heterocycles. The third-order valence-electron chi connectivity index (χ3n) is 9.92. The number of likely N-dealkylation sites (N-methyl/N-ethyl adjacent to an activating group) is 1. The smallest absolute Gasteiger partial charge is 0.243 e. The summed E-state index contributed by atoms with van der Waals surface area (Å²) in [6.45, 7) is 4.31. The van der Waals surface area contributed by atoms with Gasteiger partial charge in [0, 0.05) is 48.1 Å². The van der Waals surface area contributed by atoms with Gasteiger partial charge in [-0.05, 0) is 106 Å². The average molecular weight is 572 g/mol. The van der Waals surface area contributed by atoms with Crippen LogP contribution in [-0.4, -0.2) is 78.3 Å². The van der Waals surface area contributed by atoms with Crippen LogP contribution in [0.15, 0.2) is 47.4 Å². The zero-order valence-electron chi connectivity index (χ0n) is 22.7. The first kappa shape index (κ1) is 27.1. The molecule has 0 radical (unpaired) electrons. The van der Waals surface area contributed by atoms with Crippen LogP contribution in [0.3, 0.4) is 0 Å². The molecule has 3 fully saturated rings. The van der Waals surface area contributed by atoms with Crippen molar-refractivity contribution in [2.24, 2.45) is 5.92 Å². The van der Waals surface area contributed by atoms with Crippen molar-refractivity contribution in [2.75, 3.05) is 26.7 Å². The van der Waals surface area contributed by atoms with E-state index in [4.69, 9.17) is 11.6 Å². The second kappa shape index (κ2) is 10.1. The van der Waals surface area contributed by atoms with Crippen LogP contribution in [0.1, 0.15) is 56.6 Å².